The highest BCUT2D eigenvalue weighted by atomic mass is 35.5. The minimum absolute atomic E-state index is 0. The third-order valence-electron chi connectivity index (χ3n) is 3.72. The first-order chi connectivity index (χ1) is 10.5. The smallest absolute Gasteiger partial charge is 0.253 e. The molecule has 0 radical (unpaired) electrons. The van der Waals surface area contributed by atoms with Crippen LogP contribution in [-0.4, -0.2) is 53.8 Å². The van der Waals surface area contributed by atoms with Crippen molar-refractivity contribution >= 4 is 24.2 Å². The first-order valence-corrected chi connectivity index (χ1v) is 7.55. The fourth-order valence-corrected chi connectivity index (χ4v) is 2.55. The number of halogens is 2. The van der Waals surface area contributed by atoms with Crippen molar-refractivity contribution in [1.82, 2.24) is 9.80 Å². The number of amides is 2. The zero-order valence-electron chi connectivity index (χ0n) is 13.2. The third-order valence-corrected chi connectivity index (χ3v) is 3.72. The number of benzene rings is 1. The summed E-state index contributed by atoms with van der Waals surface area (Å²) in [5, 5.41) is 0. The van der Waals surface area contributed by atoms with Gasteiger partial charge in [-0.05, 0) is 37.6 Å². The van der Waals surface area contributed by atoms with Crippen LogP contribution in [0.15, 0.2) is 24.3 Å². The van der Waals surface area contributed by atoms with Crippen LogP contribution in [0.5, 0.6) is 0 Å². The Bertz CT molecular complexity index is 537. The van der Waals surface area contributed by atoms with E-state index in [1.165, 1.54) is 24.3 Å². The summed E-state index contributed by atoms with van der Waals surface area (Å²) in [4.78, 5) is 27.9. The topological polar surface area (TPSA) is 66.6 Å². The molecule has 0 spiro atoms. The molecule has 1 aliphatic rings. The molecule has 5 nitrogen and oxygen atoms in total. The molecule has 0 aliphatic carbocycles. The summed E-state index contributed by atoms with van der Waals surface area (Å²) in [6.45, 7) is 4.04. The Morgan fingerprint density at radius 2 is 1.70 bits per heavy atom. The second-order valence-corrected chi connectivity index (χ2v) is 5.71. The van der Waals surface area contributed by atoms with Crippen molar-refractivity contribution in [3.8, 4) is 0 Å². The van der Waals surface area contributed by atoms with E-state index in [2.05, 4.69) is 0 Å². The van der Waals surface area contributed by atoms with Gasteiger partial charge in [-0.25, -0.2) is 4.39 Å². The van der Waals surface area contributed by atoms with E-state index in [0.717, 1.165) is 6.42 Å². The Morgan fingerprint density at radius 1 is 1.13 bits per heavy atom. The predicted molar refractivity (Wildman–Crippen MR) is 89.0 cm³/mol. The first kappa shape index (κ1) is 19.4. The molecule has 1 unspecified atom stereocenters. The normalized spacial score (nSPS) is 16.3. The molecule has 7 heteroatoms. The summed E-state index contributed by atoms with van der Waals surface area (Å²) < 4.78 is 12.9. The average Bonchev–Trinajstić information content (AvgIpc) is 2.72. The van der Waals surface area contributed by atoms with Crippen LogP contribution in [0.3, 0.4) is 0 Å². The number of rotatable bonds is 3. The van der Waals surface area contributed by atoms with Gasteiger partial charge >= 0.3 is 0 Å². The molecule has 1 saturated heterocycles. The molecule has 1 aromatic rings. The maximum absolute atomic E-state index is 12.9. The van der Waals surface area contributed by atoms with Crippen molar-refractivity contribution < 1.29 is 14.0 Å². The van der Waals surface area contributed by atoms with Crippen molar-refractivity contribution in [3.05, 3.63) is 35.6 Å². The third kappa shape index (κ3) is 5.48. The lowest BCUT2D eigenvalue weighted by Crippen LogP contribution is -2.39. The van der Waals surface area contributed by atoms with E-state index in [1.54, 1.807) is 16.7 Å². The van der Waals surface area contributed by atoms with Crippen LogP contribution in [0.2, 0.25) is 0 Å². The zero-order chi connectivity index (χ0) is 16.1. The molecule has 1 aromatic carbocycles. The van der Waals surface area contributed by atoms with Gasteiger partial charge in [-0.3, -0.25) is 9.59 Å². The Hall–Kier alpha value is -1.66. The molecule has 1 aliphatic heterocycles. The monoisotopic (exact) mass is 343 g/mol. The van der Waals surface area contributed by atoms with Crippen molar-refractivity contribution in [1.29, 1.82) is 0 Å². The molecule has 2 N–H and O–H groups in total. The Balaban J connectivity index is 0.00000264. The minimum Gasteiger partial charge on any atom is -0.341 e. The van der Waals surface area contributed by atoms with Crippen LogP contribution in [0.4, 0.5) is 4.39 Å². The summed E-state index contributed by atoms with van der Waals surface area (Å²) in [5.41, 5.74) is 6.13. The van der Waals surface area contributed by atoms with E-state index >= 15 is 0 Å². The van der Waals surface area contributed by atoms with Gasteiger partial charge in [0, 0.05) is 44.2 Å². The number of hydrogen-bond acceptors (Lipinski definition) is 3. The minimum atomic E-state index is -0.361. The van der Waals surface area contributed by atoms with E-state index in [1.807, 2.05) is 0 Å². The van der Waals surface area contributed by atoms with E-state index in [-0.39, 0.29) is 36.1 Å². The molecule has 0 saturated carbocycles. The lowest BCUT2D eigenvalue weighted by molar-refractivity contribution is -0.131. The van der Waals surface area contributed by atoms with Crippen LogP contribution in [0.1, 0.15) is 30.1 Å². The molecule has 23 heavy (non-hydrogen) atoms. The largest absolute Gasteiger partial charge is 0.341 e. The number of nitrogens with two attached hydrogens (primary N) is 1. The summed E-state index contributed by atoms with van der Waals surface area (Å²) in [6.07, 6.45) is 1.06. The van der Waals surface area contributed by atoms with E-state index in [4.69, 9.17) is 5.73 Å². The fourth-order valence-electron chi connectivity index (χ4n) is 2.55. The highest BCUT2D eigenvalue weighted by Gasteiger charge is 2.23. The van der Waals surface area contributed by atoms with Crippen LogP contribution in [0, 0.1) is 5.82 Å². The highest BCUT2D eigenvalue weighted by Crippen LogP contribution is 2.11. The summed E-state index contributed by atoms with van der Waals surface area (Å²) in [7, 11) is 0. The molecule has 2 rings (SSSR count). The number of nitrogens with zero attached hydrogens (tertiary/aromatic N) is 2. The van der Waals surface area contributed by atoms with Gasteiger partial charge in [0.25, 0.3) is 5.91 Å². The molecule has 1 fully saturated rings. The molecule has 0 bridgehead atoms. The number of carbonyl (C=O) groups excluding carboxylic acids is 2. The van der Waals surface area contributed by atoms with Crippen molar-refractivity contribution in [2.45, 2.75) is 25.8 Å². The second-order valence-electron chi connectivity index (χ2n) is 5.71. The molecule has 1 atom stereocenters. The van der Waals surface area contributed by atoms with Crippen molar-refractivity contribution in [2.75, 3.05) is 26.2 Å². The lowest BCUT2D eigenvalue weighted by atomic mass is 10.2. The van der Waals surface area contributed by atoms with E-state index in [0.29, 0.717) is 38.2 Å². The van der Waals surface area contributed by atoms with Crippen molar-refractivity contribution in [2.24, 2.45) is 5.73 Å². The van der Waals surface area contributed by atoms with Gasteiger partial charge in [-0.15, -0.1) is 12.4 Å². The molecule has 128 valence electrons. The van der Waals surface area contributed by atoms with Crippen LogP contribution >= 0.6 is 12.4 Å². The van der Waals surface area contributed by atoms with E-state index in [9.17, 15) is 14.0 Å². The second kappa shape index (κ2) is 8.84. The van der Waals surface area contributed by atoms with E-state index < -0.39 is 0 Å². The lowest BCUT2D eigenvalue weighted by Gasteiger charge is -2.23. The Kier molecular flexibility index (Phi) is 7.45. The first-order valence-electron chi connectivity index (χ1n) is 7.55. The van der Waals surface area contributed by atoms with Gasteiger partial charge in [0.15, 0.2) is 0 Å². The molecule has 1 heterocycles. The average molecular weight is 344 g/mol. The van der Waals surface area contributed by atoms with Gasteiger partial charge in [-0.1, -0.05) is 0 Å². The Morgan fingerprint density at radius 3 is 2.30 bits per heavy atom. The van der Waals surface area contributed by atoms with Crippen LogP contribution in [0.25, 0.3) is 0 Å². The molecule has 0 aromatic heterocycles. The van der Waals surface area contributed by atoms with Gasteiger partial charge < -0.3 is 15.5 Å². The summed E-state index contributed by atoms with van der Waals surface area (Å²) in [5.74, 6) is -0.451. The predicted octanol–water partition coefficient (Wildman–Crippen LogP) is 1.66. The van der Waals surface area contributed by atoms with Gasteiger partial charge in [-0.2, -0.15) is 0 Å². The fraction of sp³-hybridized carbons (Fsp3) is 0.500. The van der Waals surface area contributed by atoms with Crippen LogP contribution < -0.4 is 5.73 Å². The standard InChI is InChI=1S/C16H22FN3O2.ClH/c1-12(18)11-15(21)19-7-2-8-20(10-9-19)16(22)13-3-5-14(17)6-4-13;/h3-6,12H,2,7-11,18H2,1H3;1H. The quantitative estimate of drug-likeness (QED) is 0.907. The number of carbonyl (C=O) groups is 2. The molecular weight excluding hydrogens is 321 g/mol. The maximum atomic E-state index is 12.9. The molecule has 2 amide bonds. The highest BCUT2D eigenvalue weighted by molar-refractivity contribution is 5.94. The Labute approximate surface area is 142 Å². The van der Waals surface area contributed by atoms with Crippen LogP contribution in [-0.2, 0) is 4.79 Å². The number of hydrogen-bond donors (Lipinski definition) is 1. The van der Waals surface area contributed by atoms with Gasteiger partial charge in [0.1, 0.15) is 5.82 Å². The maximum Gasteiger partial charge on any atom is 0.253 e. The summed E-state index contributed by atoms with van der Waals surface area (Å²) >= 11 is 0. The van der Waals surface area contributed by atoms with Gasteiger partial charge in [0.05, 0.1) is 0 Å². The molecular formula is C16H23ClFN3O2. The SMILES string of the molecule is CC(N)CC(=O)N1CCCN(C(=O)c2ccc(F)cc2)CC1.Cl. The van der Waals surface area contributed by atoms with Crippen molar-refractivity contribution in [3.63, 3.8) is 0 Å². The zero-order valence-corrected chi connectivity index (χ0v) is 14.0. The van der Waals surface area contributed by atoms with Gasteiger partial charge in [0.2, 0.25) is 5.91 Å². The summed E-state index contributed by atoms with van der Waals surface area (Å²) in [6, 6.07) is 5.38.